The van der Waals surface area contributed by atoms with E-state index < -0.39 is 0 Å². The lowest BCUT2D eigenvalue weighted by molar-refractivity contribution is 0.458. The van der Waals surface area contributed by atoms with E-state index in [2.05, 4.69) is 30.2 Å². The normalized spacial score (nSPS) is 13.1. The molecule has 0 radical (unpaired) electrons. The van der Waals surface area contributed by atoms with Crippen molar-refractivity contribution in [1.29, 1.82) is 0 Å². The summed E-state index contributed by atoms with van der Waals surface area (Å²) in [6, 6.07) is 4.23. The summed E-state index contributed by atoms with van der Waals surface area (Å²) < 4.78 is 0. The third-order valence-corrected chi connectivity index (χ3v) is 2.29. The summed E-state index contributed by atoms with van der Waals surface area (Å²) in [5.41, 5.74) is 7.10. The predicted octanol–water partition coefficient (Wildman–Crippen LogP) is 1.15. The van der Waals surface area contributed by atoms with Crippen molar-refractivity contribution >= 4 is 0 Å². The molecular weight excluding hydrogens is 174 g/mol. The fourth-order valence-electron chi connectivity index (χ4n) is 1.12. The molecule has 0 spiro atoms. The van der Waals surface area contributed by atoms with Crippen LogP contribution in [0.5, 0.6) is 0 Å². The van der Waals surface area contributed by atoms with Gasteiger partial charge in [-0.2, -0.15) is 0 Å². The predicted molar refractivity (Wildman–Crippen MR) is 58.8 cm³/mol. The van der Waals surface area contributed by atoms with Gasteiger partial charge in [0.1, 0.15) is 0 Å². The Hall–Kier alpha value is -0.930. The molecule has 1 aromatic rings. The summed E-state index contributed by atoms with van der Waals surface area (Å²) >= 11 is 0. The molecule has 0 fully saturated rings. The van der Waals surface area contributed by atoms with Gasteiger partial charge in [0, 0.05) is 31.5 Å². The van der Waals surface area contributed by atoms with Gasteiger partial charge in [0.2, 0.25) is 0 Å². The van der Waals surface area contributed by atoms with Crippen molar-refractivity contribution < 1.29 is 0 Å². The largest absolute Gasteiger partial charge is 0.326 e. The van der Waals surface area contributed by atoms with Gasteiger partial charge >= 0.3 is 0 Å². The van der Waals surface area contributed by atoms with Crippen LogP contribution in [-0.4, -0.2) is 17.6 Å². The van der Waals surface area contributed by atoms with Gasteiger partial charge < -0.3 is 11.1 Å². The third-order valence-electron chi connectivity index (χ3n) is 2.29. The maximum absolute atomic E-state index is 5.90. The zero-order valence-corrected chi connectivity index (χ0v) is 8.90. The van der Waals surface area contributed by atoms with Gasteiger partial charge in [0.25, 0.3) is 0 Å². The third kappa shape index (κ3) is 3.85. The maximum Gasteiger partial charge on any atom is 0.0312 e. The first kappa shape index (κ1) is 11.1. The molecule has 3 heteroatoms. The molecule has 0 saturated carbocycles. The van der Waals surface area contributed by atoms with Crippen molar-refractivity contribution in [2.24, 2.45) is 11.7 Å². The van der Waals surface area contributed by atoms with Gasteiger partial charge in [-0.1, -0.05) is 19.9 Å². The Balaban J connectivity index is 2.22. The molecule has 0 aliphatic heterocycles. The number of hydrogen-bond acceptors (Lipinski definition) is 3. The van der Waals surface area contributed by atoms with Gasteiger partial charge in [0.15, 0.2) is 0 Å². The van der Waals surface area contributed by atoms with Crippen molar-refractivity contribution in [3.8, 4) is 0 Å². The Morgan fingerprint density at radius 2 is 2.29 bits per heavy atom. The molecule has 0 aliphatic carbocycles. The molecule has 3 N–H and O–H groups in total. The lowest BCUT2D eigenvalue weighted by atomic mass is 10.1. The average Bonchev–Trinajstić information content (AvgIpc) is 2.19. The first-order valence-corrected chi connectivity index (χ1v) is 5.05. The van der Waals surface area contributed by atoms with Crippen LogP contribution in [0.4, 0.5) is 0 Å². The number of nitrogens with zero attached hydrogens (tertiary/aromatic N) is 1. The van der Waals surface area contributed by atoms with Gasteiger partial charge in [-0.15, -0.1) is 0 Å². The first-order valence-electron chi connectivity index (χ1n) is 5.05. The number of hydrogen-bond donors (Lipinski definition) is 2. The highest BCUT2D eigenvalue weighted by molar-refractivity contribution is 5.07. The quantitative estimate of drug-likeness (QED) is 0.737. The van der Waals surface area contributed by atoms with Crippen LogP contribution in [0.1, 0.15) is 19.4 Å². The summed E-state index contributed by atoms with van der Waals surface area (Å²) in [6.45, 7) is 5.97. The van der Waals surface area contributed by atoms with Gasteiger partial charge in [0.05, 0.1) is 0 Å². The summed E-state index contributed by atoms with van der Waals surface area (Å²) in [4.78, 5) is 4.05. The van der Waals surface area contributed by atoms with E-state index >= 15 is 0 Å². The van der Waals surface area contributed by atoms with Crippen LogP contribution < -0.4 is 11.1 Å². The van der Waals surface area contributed by atoms with Crippen molar-refractivity contribution in [3.63, 3.8) is 0 Å². The molecule has 0 aromatic carbocycles. The second-order valence-electron chi connectivity index (χ2n) is 3.90. The van der Waals surface area contributed by atoms with Gasteiger partial charge in [-0.05, 0) is 17.5 Å². The number of aromatic nitrogens is 1. The standard InChI is InChI=1S/C11H19N3/c1-9(2)11(12)8-14-7-10-4-3-5-13-6-10/h3-6,9,11,14H,7-8,12H2,1-2H3. The van der Waals surface area contributed by atoms with Crippen LogP contribution in [0.3, 0.4) is 0 Å². The monoisotopic (exact) mass is 193 g/mol. The molecule has 1 atom stereocenters. The fraction of sp³-hybridized carbons (Fsp3) is 0.545. The summed E-state index contributed by atoms with van der Waals surface area (Å²) in [5, 5.41) is 3.32. The smallest absolute Gasteiger partial charge is 0.0312 e. The molecule has 1 aromatic heterocycles. The number of pyridine rings is 1. The van der Waals surface area contributed by atoms with Crippen LogP contribution in [0.15, 0.2) is 24.5 Å². The van der Waals surface area contributed by atoms with Crippen molar-refractivity contribution in [1.82, 2.24) is 10.3 Å². The molecule has 78 valence electrons. The second-order valence-corrected chi connectivity index (χ2v) is 3.90. The molecule has 3 nitrogen and oxygen atoms in total. The van der Waals surface area contributed by atoms with Crippen LogP contribution in [-0.2, 0) is 6.54 Å². The Bertz CT molecular complexity index is 246. The minimum Gasteiger partial charge on any atom is -0.326 e. The summed E-state index contributed by atoms with van der Waals surface area (Å²) in [5.74, 6) is 0.524. The Morgan fingerprint density at radius 3 is 2.86 bits per heavy atom. The lowest BCUT2D eigenvalue weighted by Crippen LogP contribution is -2.37. The van der Waals surface area contributed by atoms with Gasteiger partial charge in [-0.25, -0.2) is 0 Å². The van der Waals surface area contributed by atoms with E-state index in [4.69, 9.17) is 5.73 Å². The topological polar surface area (TPSA) is 50.9 Å². The molecule has 0 saturated heterocycles. The summed E-state index contributed by atoms with van der Waals surface area (Å²) in [7, 11) is 0. The van der Waals surface area contributed by atoms with Crippen LogP contribution >= 0.6 is 0 Å². The average molecular weight is 193 g/mol. The Labute approximate surface area is 85.7 Å². The Kier molecular flexibility index (Phi) is 4.56. The lowest BCUT2D eigenvalue weighted by Gasteiger charge is -2.15. The minimum absolute atomic E-state index is 0.228. The molecular formula is C11H19N3. The molecule has 0 amide bonds. The van der Waals surface area contributed by atoms with E-state index in [9.17, 15) is 0 Å². The van der Waals surface area contributed by atoms with Crippen LogP contribution in [0.25, 0.3) is 0 Å². The molecule has 0 aliphatic rings. The van der Waals surface area contributed by atoms with E-state index in [0.29, 0.717) is 5.92 Å². The van der Waals surface area contributed by atoms with Crippen LogP contribution in [0, 0.1) is 5.92 Å². The first-order chi connectivity index (χ1) is 6.70. The number of rotatable bonds is 5. The van der Waals surface area contributed by atoms with Crippen molar-refractivity contribution in [2.45, 2.75) is 26.4 Å². The zero-order chi connectivity index (χ0) is 10.4. The van der Waals surface area contributed by atoms with E-state index in [0.717, 1.165) is 13.1 Å². The highest BCUT2D eigenvalue weighted by Crippen LogP contribution is 1.98. The van der Waals surface area contributed by atoms with Crippen molar-refractivity contribution in [3.05, 3.63) is 30.1 Å². The van der Waals surface area contributed by atoms with E-state index in [1.54, 1.807) is 6.20 Å². The van der Waals surface area contributed by atoms with E-state index in [1.165, 1.54) is 5.56 Å². The summed E-state index contributed by atoms with van der Waals surface area (Å²) in [6.07, 6.45) is 3.65. The fourth-order valence-corrected chi connectivity index (χ4v) is 1.12. The second kappa shape index (κ2) is 5.73. The van der Waals surface area contributed by atoms with Crippen LogP contribution in [0.2, 0.25) is 0 Å². The molecule has 1 unspecified atom stereocenters. The minimum atomic E-state index is 0.228. The zero-order valence-electron chi connectivity index (χ0n) is 8.90. The van der Waals surface area contributed by atoms with Crippen molar-refractivity contribution in [2.75, 3.05) is 6.54 Å². The number of nitrogens with one attached hydrogen (secondary N) is 1. The molecule has 14 heavy (non-hydrogen) atoms. The highest BCUT2D eigenvalue weighted by atomic mass is 14.9. The highest BCUT2D eigenvalue weighted by Gasteiger charge is 2.05. The van der Waals surface area contributed by atoms with Gasteiger partial charge in [-0.3, -0.25) is 4.98 Å². The molecule has 0 bridgehead atoms. The SMILES string of the molecule is CC(C)C(N)CNCc1cccnc1. The number of nitrogens with two attached hydrogens (primary N) is 1. The Morgan fingerprint density at radius 1 is 1.50 bits per heavy atom. The maximum atomic E-state index is 5.90. The molecule has 1 heterocycles. The van der Waals surface area contributed by atoms with E-state index in [-0.39, 0.29) is 6.04 Å². The van der Waals surface area contributed by atoms with E-state index in [1.807, 2.05) is 12.3 Å². The molecule has 1 rings (SSSR count).